The van der Waals surface area contributed by atoms with Gasteiger partial charge in [-0.1, -0.05) is 0 Å². The number of ether oxygens (including phenoxy) is 1. The molecule has 0 radical (unpaired) electrons. The topological polar surface area (TPSA) is 78.2 Å². The SMILES string of the molecule is CN=C(NCC(C)N1CCOCC1)N1CCN(c2cnn(C)c2)C(=O)C1. The summed E-state index contributed by atoms with van der Waals surface area (Å²) in [7, 11) is 3.62. The summed E-state index contributed by atoms with van der Waals surface area (Å²) < 4.78 is 7.12. The molecular weight excluding hydrogens is 334 g/mol. The zero-order valence-electron chi connectivity index (χ0n) is 15.9. The molecule has 9 nitrogen and oxygen atoms in total. The number of hydrogen-bond donors (Lipinski definition) is 1. The van der Waals surface area contributed by atoms with Crippen LogP contribution in [0, 0.1) is 0 Å². The van der Waals surface area contributed by atoms with Gasteiger partial charge in [0.1, 0.15) is 6.54 Å². The van der Waals surface area contributed by atoms with E-state index >= 15 is 0 Å². The van der Waals surface area contributed by atoms with Crippen molar-refractivity contribution in [3.05, 3.63) is 12.4 Å². The van der Waals surface area contributed by atoms with Crippen LogP contribution in [0.3, 0.4) is 0 Å². The van der Waals surface area contributed by atoms with E-state index in [-0.39, 0.29) is 5.91 Å². The Balaban J connectivity index is 1.52. The molecule has 3 heterocycles. The predicted octanol–water partition coefficient (Wildman–Crippen LogP) is -0.635. The molecule has 0 spiro atoms. The number of morpholine rings is 1. The number of hydrogen-bond acceptors (Lipinski definition) is 5. The summed E-state index contributed by atoms with van der Waals surface area (Å²) in [6.45, 7) is 8.21. The summed E-state index contributed by atoms with van der Waals surface area (Å²) in [6, 6.07) is 0.392. The Bertz CT molecular complexity index is 639. The second-order valence-corrected chi connectivity index (χ2v) is 6.76. The Morgan fingerprint density at radius 3 is 2.73 bits per heavy atom. The van der Waals surface area contributed by atoms with Gasteiger partial charge in [0.15, 0.2) is 5.96 Å². The zero-order chi connectivity index (χ0) is 18.5. The Morgan fingerprint density at radius 2 is 2.12 bits per heavy atom. The average Bonchev–Trinajstić information content (AvgIpc) is 3.09. The van der Waals surface area contributed by atoms with Crippen molar-refractivity contribution < 1.29 is 9.53 Å². The van der Waals surface area contributed by atoms with Crippen LogP contribution in [0.2, 0.25) is 0 Å². The molecule has 2 aliphatic rings. The van der Waals surface area contributed by atoms with Crippen molar-refractivity contribution in [3.63, 3.8) is 0 Å². The second kappa shape index (κ2) is 8.50. The molecule has 1 N–H and O–H groups in total. The number of amides is 1. The number of aromatic nitrogens is 2. The third kappa shape index (κ3) is 4.34. The second-order valence-electron chi connectivity index (χ2n) is 6.76. The first-order valence-electron chi connectivity index (χ1n) is 9.15. The Morgan fingerprint density at radius 1 is 1.35 bits per heavy atom. The van der Waals surface area contributed by atoms with Crippen molar-refractivity contribution in [2.75, 3.05) is 64.4 Å². The minimum Gasteiger partial charge on any atom is -0.379 e. The molecule has 144 valence electrons. The highest BCUT2D eigenvalue weighted by Gasteiger charge is 2.28. The van der Waals surface area contributed by atoms with Gasteiger partial charge in [-0.05, 0) is 6.92 Å². The van der Waals surface area contributed by atoms with Crippen LogP contribution < -0.4 is 10.2 Å². The number of carbonyl (C=O) groups excluding carboxylic acids is 1. The Labute approximate surface area is 154 Å². The van der Waals surface area contributed by atoms with Crippen LogP contribution in [0.15, 0.2) is 17.4 Å². The molecule has 0 aromatic carbocycles. The number of aliphatic imine (C=N–C) groups is 1. The van der Waals surface area contributed by atoms with Gasteiger partial charge in [-0.2, -0.15) is 5.10 Å². The largest absolute Gasteiger partial charge is 0.379 e. The van der Waals surface area contributed by atoms with Crippen molar-refractivity contribution >= 4 is 17.6 Å². The van der Waals surface area contributed by atoms with Gasteiger partial charge in [0, 0.05) is 59.1 Å². The molecule has 2 aliphatic heterocycles. The molecule has 1 aromatic rings. The lowest BCUT2D eigenvalue weighted by Gasteiger charge is -2.37. The van der Waals surface area contributed by atoms with Crippen molar-refractivity contribution in [2.45, 2.75) is 13.0 Å². The molecule has 1 unspecified atom stereocenters. The molecule has 1 aromatic heterocycles. The van der Waals surface area contributed by atoms with Crippen LogP contribution in [0.4, 0.5) is 5.69 Å². The first-order valence-corrected chi connectivity index (χ1v) is 9.15. The van der Waals surface area contributed by atoms with E-state index in [1.807, 2.05) is 18.1 Å². The molecule has 9 heteroatoms. The van der Waals surface area contributed by atoms with Gasteiger partial charge in [-0.25, -0.2) is 0 Å². The van der Waals surface area contributed by atoms with E-state index in [0.29, 0.717) is 19.1 Å². The van der Waals surface area contributed by atoms with Crippen LogP contribution in [-0.4, -0.2) is 97.0 Å². The summed E-state index contributed by atoms with van der Waals surface area (Å²) in [5, 5.41) is 7.57. The summed E-state index contributed by atoms with van der Waals surface area (Å²) >= 11 is 0. The van der Waals surface area contributed by atoms with Crippen molar-refractivity contribution in [1.82, 2.24) is 24.9 Å². The molecule has 1 amide bonds. The van der Waals surface area contributed by atoms with Crippen molar-refractivity contribution in [3.8, 4) is 0 Å². The maximum absolute atomic E-state index is 12.6. The molecule has 0 bridgehead atoms. The van der Waals surface area contributed by atoms with E-state index in [1.165, 1.54) is 0 Å². The molecule has 3 rings (SSSR count). The monoisotopic (exact) mass is 363 g/mol. The van der Waals surface area contributed by atoms with Crippen LogP contribution in [0.5, 0.6) is 0 Å². The smallest absolute Gasteiger partial charge is 0.246 e. The average molecular weight is 363 g/mol. The predicted molar refractivity (Wildman–Crippen MR) is 100 cm³/mol. The van der Waals surface area contributed by atoms with Gasteiger partial charge in [0.05, 0.1) is 25.1 Å². The lowest BCUT2D eigenvalue weighted by Crippen LogP contribution is -2.56. The quantitative estimate of drug-likeness (QED) is 0.567. The van der Waals surface area contributed by atoms with Crippen LogP contribution >= 0.6 is 0 Å². The highest BCUT2D eigenvalue weighted by Crippen LogP contribution is 2.16. The molecule has 2 saturated heterocycles. The van der Waals surface area contributed by atoms with E-state index in [9.17, 15) is 4.79 Å². The van der Waals surface area contributed by atoms with Crippen molar-refractivity contribution in [1.29, 1.82) is 0 Å². The van der Waals surface area contributed by atoms with Gasteiger partial charge in [-0.15, -0.1) is 0 Å². The molecule has 2 fully saturated rings. The van der Waals surface area contributed by atoms with Gasteiger partial charge in [0.2, 0.25) is 5.91 Å². The van der Waals surface area contributed by atoms with E-state index < -0.39 is 0 Å². The maximum atomic E-state index is 12.6. The molecule has 0 saturated carbocycles. The number of aryl methyl sites for hydroxylation is 1. The van der Waals surface area contributed by atoms with E-state index in [1.54, 1.807) is 22.8 Å². The number of rotatable bonds is 4. The van der Waals surface area contributed by atoms with Gasteiger partial charge in [0.25, 0.3) is 0 Å². The Kier molecular flexibility index (Phi) is 6.10. The summed E-state index contributed by atoms with van der Waals surface area (Å²) in [5.74, 6) is 0.845. The fraction of sp³-hybridized carbons (Fsp3) is 0.706. The fourth-order valence-corrected chi connectivity index (χ4v) is 3.39. The number of nitrogens with zero attached hydrogens (tertiary/aromatic N) is 6. The van der Waals surface area contributed by atoms with E-state index in [2.05, 4.69) is 27.2 Å². The van der Waals surface area contributed by atoms with Crippen molar-refractivity contribution in [2.24, 2.45) is 12.0 Å². The minimum atomic E-state index is 0.0634. The van der Waals surface area contributed by atoms with Crippen LogP contribution in [0.25, 0.3) is 0 Å². The fourth-order valence-electron chi connectivity index (χ4n) is 3.39. The Hall–Kier alpha value is -2.13. The summed E-state index contributed by atoms with van der Waals surface area (Å²) in [6.07, 6.45) is 3.59. The first kappa shape index (κ1) is 18.7. The maximum Gasteiger partial charge on any atom is 0.246 e. The number of piperazine rings is 1. The third-order valence-electron chi connectivity index (χ3n) is 4.96. The number of guanidine groups is 1. The summed E-state index contributed by atoms with van der Waals surface area (Å²) in [4.78, 5) is 23.1. The van der Waals surface area contributed by atoms with E-state index in [4.69, 9.17) is 4.74 Å². The lowest BCUT2D eigenvalue weighted by atomic mass is 10.2. The number of anilines is 1. The molecule has 0 aliphatic carbocycles. The van der Waals surface area contributed by atoms with Crippen LogP contribution in [0.1, 0.15) is 6.92 Å². The summed E-state index contributed by atoms with van der Waals surface area (Å²) in [5.41, 5.74) is 0.848. The van der Waals surface area contributed by atoms with Gasteiger partial charge >= 0.3 is 0 Å². The standard InChI is InChI=1S/C17H29N7O2/c1-14(22-6-8-26-9-7-22)10-19-17(18-2)23-4-5-24(16(25)13-23)15-11-20-21(3)12-15/h11-12,14H,4-10,13H2,1-3H3,(H,18,19). The molecule has 26 heavy (non-hydrogen) atoms. The van der Waals surface area contributed by atoms with Gasteiger partial charge < -0.3 is 19.9 Å². The van der Waals surface area contributed by atoms with Gasteiger partial charge in [-0.3, -0.25) is 19.4 Å². The number of carbonyl (C=O) groups is 1. The molecule has 1 atom stereocenters. The zero-order valence-corrected chi connectivity index (χ0v) is 15.9. The lowest BCUT2D eigenvalue weighted by molar-refractivity contribution is -0.120. The third-order valence-corrected chi connectivity index (χ3v) is 4.96. The first-order chi connectivity index (χ1) is 12.6. The highest BCUT2D eigenvalue weighted by molar-refractivity contribution is 5.98. The molecular formula is C17H29N7O2. The normalized spacial score (nSPS) is 21.2. The van der Waals surface area contributed by atoms with Crippen LogP contribution in [-0.2, 0) is 16.6 Å². The van der Waals surface area contributed by atoms with E-state index in [0.717, 1.165) is 51.0 Å². The minimum absolute atomic E-state index is 0.0634. The number of nitrogens with one attached hydrogen (secondary N) is 1. The highest BCUT2D eigenvalue weighted by atomic mass is 16.5.